The molecule has 1 aromatic carbocycles. The minimum absolute atomic E-state index is 0.163. The summed E-state index contributed by atoms with van der Waals surface area (Å²) >= 11 is 1.45. The number of amides is 2. The third kappa shape index (κ3) is 5.06. The van der Waals surface area contributed by atoms with Gasteiger partial charge in [0.05, 0.1) is 0 Å². The maximum Gasteiger partial charge on any atom is 0.321 e. The Morgan fingerprint density at radius 1 is 1.00 bits per heavy atom. The van der Waals surface area contributed by atoms with Crippen LogP contribution >= 0.6 is 11.8 Å². The van der Waals surface area contributed by atoms with Gasteiger partial charge in [-0.1, -0.05) is 48.2 Å². The van der Waals surface area contributed by atoms with Crippen LogP contribution in [-0.4, -0.2) is 27.9 Å². The fourth-order valence-corrected chi connectivity index (χ4v) is 2.98. The van der Waals surface area contributed by atoms with Crippen molar-refractivity contribution in [1.29, 1.82) is 0 Å². The molecule has 2 amide bonds. The van der Waals surface area contributed by atoms with E-state index in [1.807, 2.05) is 54.6 Å². The molecule has 0 fully saturated rings. The Labute approximate surface area is 151 Å². The summed E-state index contributed by atoms with van der Waals surface area (Å²) in [5.41, 5.74) is 1.79. The van der Waals surface area contributed by atoms with Crippen LogP contribution in [0.25, 0.3) is 0 Å². The molecule has 25 heavy (non-hydrogen) atoms. The van der Waals surface area contributed by atoms with Gasteiger partial charge in [0.2, 0.25) is 0 Å². The molecule has 6 heteroatoms. The van der Waals surface area contributed by atoms with Crippen molar-refractivity contribution in [3.63, 3.8) is 0 Å². The third-order valence-corrected chi connectivity index (χ3v) is 4.33. The van der Waals surface area contributed by atoms with Crippen LogP contribution in [0.5, 0.6) is 0 Å². The second kappa shape index (κ2) is 8.30. The quantitative estimate of drug-likeness (QED) is 0.746. The van der Waals surface area contributed by atoms with Gasteiger partial charge in [-0.05, 0) is 29.8 Å². The molecular weight excluding hydrogens is 332 g/mol. The van der Waals surface area contributed by atoms with Crippen LogP contribution in [-0.2, 0) is 6.54 Å². The molecule has 0 unspecified atom stereocenters. The average Bonchev–Trinajstić information content (AvgIpc) is 2.63. The molecule has 2 heterocycles. The van der Waals surface area contributed by atoms with Gasteiger partial charge in [-0.2, -0.15) is 0 Å². The molecule has 0 bridgehead atoms. The van der Waals surface area contributed by atoms with Gasteiger partial charge in [0.25, 0.3) is 0 Å². The van der Waals surface area contributed by atoms with Crippen molar-refractivity contribution < 1.29 is 4.79 Å². The molecule has 3 aromatic rings. The second-order valence-electron chi connectivity index (χ2n) is 5.42. The van der Waals surface area contributed by atoms with Gasteiger partial charge in [0.1, 0.15) is 10.1 Å². The van der Waals surface area contributed by atoms with E-state index in [2.05, 4.69) is 15.3 Å². The summed E-state index contributed by atoms with van der Waals surface area (Å²) in [5, 5.41) is 4.54. The largest absolute Gasteiger partial charge is 0.323 e. The summed E-state index contributed by atoms with van der Waals surface area (Å²) in [5.74, 6) is 0. The molecule has 0 spiro atoms. The molecule has 5 nitrogen and oxygen atoms in total. The Morgan fingerprint density at radius 2 is 1.76 bits per heavy atom. The van der Waals surface area contributed by atoms with E-state index in [1.165, 1.54) is 11.8 Å². The molecule has 3 rings (SSSR count). The molecule has 126 valence electrons. The zero-order chi connectivity index (χ0) is 17.5. The molecule has 0 saturated heterocycles. The topological polar surface area (TPSA) is 58.1 Å². The highest BCUT2D eigenvalue weighted by Gasteiger charge is 2.10. The lowest BCUT2D eigenvalue weighted by Crippen LogP contribution is -2.30. The van der Waals surface area contributed by atoms with E-state index in [1.54, 1.807) is 30.4 Å². The molecule has 0 atom stereocenters. The first kappa shape index (κ1) is 17.0. The predicted octanol–water partition coefficient (Wildman–Crippen LogP) is 4.29. The summed E-state index contributed by atoms with van der Waals surface area (Å²) in [4.78, 5) is 22.6. The predicted molar refractivity (Wildman–Crippen MR) is 99.5 cm³/mol. The minimum Gasteiger partial charge on any atom is -0.323 e. The lowest BCUT2D eigenvalue weighted by molar-refractivity contribution is 0.220. The Morgan fingerprint density at radius 3 is 2.52 bits per heavy atom. The molecule has 0 aliphatic heterocycles. The van der Waals surface area contributed by atoms with Crippen LogP contribution in [0.1, 0.15) is 5.56 Å². The Bertz CT molecular complexity index is 827. The highest BCUT2D eigenvalue weighted by atomic mass is 32.2. The van der Waals surface area contributed by atoms with Crippen LogP contribution < -0.4 is 5.32 Å². The number of carbonyl (C=O) groups is 1. The maximum atomic E-state index is 12.4. The van der Waals surface area contributed by atoms with E-state index in [-0.39, 0.29) is 6.03 Å². The zero-order valence-electron chi connectivity index (χ0n) is 13.8. The van der Waals surface area contributed by atoms with Gasteiger partial charge in [-0.25, -0.2) is 14.8 Å². The number of carbonyl (C=O) groups excluding carboxylic acids is 1. The first-order valence-corrected chi connectivity index (χ1v) is 8.63. The lowest BCUT2D eigenvalue weighted by Gasteiger charge is -2.18. The van der Waals surface area contributed by atoms with Crippen LogP contribution in [0.2, 0.25) is 0 Å². The fraction of sp³-hybridized carbons (Fsp3) is 0.105. The van der Waals surface area contributed by atoms with Gasteiger partial charge in [-0.3, -0.25) is 0 Å². The minimum atomic E-state index is -0.163. The summed E-state index contributed by atoms with van der Waals surface area (Å²) in [6, 6.07) is 19.1. The fourth-order valence-electron chi connectivity index (χ4n) is 2.21. The van der Waals surface area contributed by atoms with Gasteiger partial charge < -0.3 is 10.2 Å². The van der Waals surface area contributed by atoms with Crippen molar-refractivity contribution in [2.45, 2.75) is 16.6 Å². The number of aromatic nitrogens is 2. The molecular formula is C19H18N4OS. The smallest absolute Gasteiger partial charge is 0.321 e. The van der Waals surface area contributed by atoms with E-state index in [9.17, 15) is 4.79 Å². The summed E-state index contributed by atoms with van der Waals surface area (Å²) in [6.45, 7) is 0.549. The number of nitrogens with zero attached hydrogens (tertiary/aromatic N) is 3. The second-order valence-corrected chi connectivity index (χ2v) is 6.47. The molecule has 0 saturated carbocycles. The molecule has 0 aliphatic carbocycles. The number of hydrogen-bond acceptors (Lipinski definition) is 4. The monoisotopic (exact) mass is 350 g/mol. The maximum absolute atomic E-state index is 12.4. The van der Waals surface area contributed by atoms with Crippen LogP contribution in [0, 0.1) is 0 Å². The van der Waals surface area contributed by atoms with E-state index in [4.69, 9.17) is 0 Å². The number of pyridine rings is 2. The summed E-state index contributed by atoms with van der Waals surface area (Å²) < 4.78 is 0. The van der Waals surface area contributed by atoms with E-state index in [0.29, 0.717) is 12.2 Å². The standard InChI is InChI=1S/C19H18N4OS/c1-23(14-15-7-3-2-4-8-15)19(24)22-16-10-12-21-18(13-16)25-17-9-5-6-11-20-17/h2-13H,14H2,1H3,(H,21,22,24). The van der Waals surface area contributed by atoms with Crippen molar-refractivity contribution in [3.8, 4) is 0 Å². The van der Waals surface area contributed by atoms with Crippen molar-refractivity contribution in [3.05, 3.63) is 78.6 Å². The average molecular weight is 350 g/mol. The normalized spacial score (nSPS) is 10.3. The first-order valence-electron chi connectivity index (χ1n) is 7.82. The SMILES string of the molecule is CN(Cc1ccccc1)C(=O)Nc1ccnc(Sc2ccccn2)c1. The van der Waals surface area contributed by atoms with Gasteiger partial charge >= 0.3 is 6.03 Å². The lowest BCUT2D eigenvalue weighted by atomic mass is 10.2. The van der Waals surface area contributed by atoms with E-state index < -0.39 is 0 Å². The summed E-state index contributed by atoms with van der Waals surface area (Å²) in [7, 11) is 1.77. The van der Waals surface area contributed by atoms with Crippen molar-refractivity contribution in [1.82, 2.24) is 14.9 Å². The van der Waals surface area contributed by atoms with Gasteiger partial charge in [0, 0.05) is 31.7 Å². The molecule has 0 radical (unpaired) electrons. The molecule has 1 N–H and O–H groups in total. The summed E-state index contributed by atoms with van der Waals surface area (Å²) in [6.07, 6.45) is 3.42. The van der Waals surface area contributed by atoms with Crippen LogP contribution in [0.4, 0.5) is 10.5 Å². The highest BCUT2D eigenvalue weighted by molar-refractivity contribution is 7.99. The van der Waals surface area contributed by atoms with Crippen LogP contribution in [0.3, 0.4) is 0 Å². The number of hydrogen-bond donors (Lipinski definition) is 1. The number of benzene rings is 1. The highest BCUT2D eigenvalue weighted by Crippen LogP contribution is 2.25. The number of urea groups is 1. The Balaban J connectivity index is 1.62. The Kier molecular flexibility index (Phi) is 5.64. The van der Waals surface area contributed by atoms with Crippen molar-refractivity contribution in [2.75, 3.05) is 12.4 Å². The molecule has 2 aromatic heterocycles. The third-order valence-electron chi connectivity index (χ3n) is 3.44. The van der Waals surface area contributed by atoms with Gasteiger partial charge in [0.15, 0.2) is 0 Å². The van der Waals surface area contributed by atoms with E-state index >= 15 is 0 Å². The van der Waals surface area contributed by atoms with Crippen molar-refractivity contribution >= 4 is 23.5 Å². The number of nitrogens with one attached hydrogen (secondary N) is 1. The van der Waals surface area contributed by atoms with Crippen LogP contribution in [0.15, 0.2) is 83.1 Å². The Hall–Kier alpha value is -2.86. The zero-order valence-corrected chi connectivity index (χ0v) is 14.6. The van der Waals surface area contributed by atoms with E-state index in [0.717, 1.165) is 15.6 Å². The van der Waals surface area contributed by atoms with Crippen molar-refractivity contribution in [2.24, 2.45) is 0 Å². The number of rotatable bonds is 5. The molecule has 0 aliphatic rings. The first-order chi connectivity index (χ1) is 12.2. The van der Waals surface area contributed by atoms with Gasteiger partial charge in [-0.15, -0.1) is 0 Å². The number of anilines is 1.